The lowest BCUT2D eigenvalue weighted by atomic mass is 9.81. The van der Waals surface area contributed by atoms with Crippen LogP contribution < -0.4 is 4.74 Å². The van der Waals surface area contributed by atoms with Crippen LogP contribution in [0.3, 0.4) is 0 Å². The zero-order chi connectivity index (χ0) is 28.4. The summed E-state index contributed by atoms with van der Waals surface area (Å²) in [5.41, 5.74) is 0.636. The second kappa shape index (κ2) is 11.7. The number of carbonyl (C=O) groups excluding carboxylic acids is 5. The van der Waals surface area contributed by atoms with Gasteiger partial charge in [-0.3, -0.25) is 19.2 Å². The molecule has 1 saturated carbocycles. The molecule has 3 aromatic carbocycles. The number of carbonyl (C=O) groups is 5. The van der Waals surface area contributed by atoms with E-state index in [4.69, 9.17) is 16.3 Å². The smallest absolute Gasteiger partial charge is 0.343 e. The molecule has 204 valence electrons. The summed E-state index contributed by atoms with van der Waals surface area (Å²) >= 11 is 9.58. The number of esters is 1. The lowest BCUT2D eigenvalue weighted by molar-refractivity contribution is -0.154. The van der Waals surface area contributed by atoms with Crippen molar-refractivity contribution < 1.29 is 28.7 Å². The van der Waals surface area contributed by atoms with E-state index >= 15 is 0 Å². The van der Waals surface area contributed by atoms with Crippen LogP contribution in [0.4, 0.5) is 0 Å². The first-order valence-electron chi connectivity index (χ1n) is 12.8. The van der Waals surface area contributed by atoms with Crippen molar-refractivity contribution in [3.63, 3.8) is 0 Å². The number of halogens is 2. The number of amides is 3. The summed E-state index contributed by atoms with van der Waals surface area (Å²) in [7, 11) is 0. The molecule has 0 unspecified atom stereocenters. The van der Waals surface area contributed by atoms with Crippen molar-refractivity contribution in [2.24, 2.45) is 11.8 Å². The third kappa shape index (κ3) is 5.57. The molecule has 0 aromatic heterocycles. The van der Waals surface area contributed by atoms with Gasteiger partial charge in [0.1, 0.15) is 12.3 Å². The highest BCUT2D eigenvalue weighted by atomic mass is 79.9. The summed E-state index contributed by atoms with van der Waals surface area (Å²) < 4.78 is 6.21. The van der Waals surface area contributed by atoms with E-state index in [0.717, 1.165) is 27.3 Å². The van der Waals surface area contributed by atoms with Crippen molar-refractivity contribution in [1.29, 1.82) is 0 Å². The molecular weight excluding hydrogens is 600 g/mol. The monoisotopic (exact) mass is 622 g/mol. The van der Waals surface area contributed by atoms with Crippen molar-refractivity contribution >= 4 is 57.0 Å². The van der Waals surface area contributed by atoms with Crippen LogP contribution in [-0.2, 0) is 9.59 Å². The molecule has 1 aliphatic heterocycles. The van der Waals surface area contributed by atoms with Gasteiger partial charge in [-0.1, -0.05) is 52.5 Å². The number of hydrogen-bond donors (Lipinski definition) is 0. The van der Waals surface area contributed by atoms with Gasteiger partial charge in [0.25, 0.3) is 17.7 Å². The minimum atomic E-state index is -0.723. The number of nitrogens with zero attached hydrogens (tertiary/aromatic N) is 2. The normalized spacial score (nSPS) is 18.3. The maximum Gasteiger partial charge on any atom is 0.343 e. The van der Waals surface area contributed by atoms with Crippen LogP contribution in [0.2, 0.25) is 5.02 Å². The third-order valence-corrected chi connectivity index (χ3v) is 8.02. The largest absolute Gasteiger partial charge is 0.423 e. The average Bonchev–Trinajstić information content (AvgIpc) is 3.21. The molecule has 40 heavy (non-hydrogen) atoms. The first-order chi connectivity index (χ1) is 19.2. The molecule has 0 bridgehead atoms. The van der Waals surface area contributed by atoms with E-state index in [1.807, 2.05) is 0 Å². The third-order valence-electron chi connectivity index (χ3n) is 7.16. The fourth-order valence-electron chi connectivity index (χ4n) is 5.08. The first kappa shape index (κ1) is 27.7. The van der Waals surface area contributed by atoms with E-state index in [2.05, 4.69) is 15.9 Å². The van der Waals surface area contributed by atoms with Gasteiger partial charge in [-0.2, -0.15) is 5.01 Å². The molecule has 3 amide bonds. The zero-order valence-corrected chi connectivity index (χ0v) is 23.6. The summed E-state index contributed by atoms with van der Waals surface area (Å²) in [5.74, 6) is -3.52. The van der Waals surface area contributed by atoms with Gasteiger partial charge in [0.05, 0.1) is 28.0 Å². The molecular formula is C30H24BrClN2O6. The number of fused-ring (bicyclic) bond motifs is 1. The minimum absolute atomic E-state index is 0.0719. The molecule has 2 atom stereocenters. The van der Waals surface area contributed by atoms with Gasteiger partial charge in [-0.25, -0.2) is 9.80 Å². The molecule has 3 aromatic rings. The van der Waals surface area contributed by atoms with Crippen LogP contribution in [0, 0.1) is 11.8 Å². The van der Waals surface area contributed by atoms with Gasteiger partial charge in [0, 0.05) is 10.0 Å². The molecule has 2 aliphatic rings. The van der Waals surface area contributed by atoms with Crippen LogP contribution in [0.25, 0.3) is 0 Å². The highest BCUT2D eigenvalue weighted by molar-refractivity contribution is 9.10. The predicted molar refractivity (Wildman–Crippen MR) is 150 cm³/mol. The van der Waals surface area contributed by atoms with E-state index < -0.39 is 47.9 Å². The highest BCUT2D eigenvalue weighted by Gasteiger charge is 2.52. The molecule has 2 fully saturated rings. The molecule has 0 N–H and O–H groups in total. The van der Waals surface area contributed by atoms with Crippen molar-refractivity contribution in [3.05, 3.63) is 99.0 Å². The predicted octanol–water partition coefficient (Wildman–Crippen LogP) is 5.74. The minimum Gasteiger partial charge on any atom is -0.423 e. The fourth-order valence-corrected chi connectivity index (χ4v) is 5.56. The molecule has 0 spiro atoms. The number of hydrazine groups is 1. The maximum absolute atomic E-state index is 13.6. The Balaban J connectivity index is 1.37. The Morgan fingerprint density at radius 1 is 0.850 bits per heavy atom. The second-order valence-electron chi connectivity index (χ2n) is 9.67. The summed E-state index contributed by atoms with van der Waals surface area (Å²) in [6.07, 6.45) is 2.77. The second-order valence-corrected chi connectivity index (χ2v) is 11.0. The van der Waals surface area contributed by atoms with Gasteiger partial charge in [0.2, 0.25) is 0 Å². The Morgan fingerprint density at radius 2 is 1.43 bits per heavy atom. The quantitative estimate of drug-likeness (QED) is 0.144. The molecule has 1 saturated heterocycles. The summed E-state index contributed by atoms with van der Waals surface area (Å²) in [6, 6.07) is 18.8. The number of hydrogen-bond acceptors (Lipinski definition) is 6. The molecule has 0 radical (unpaired) electrons. The Kier molecular flexibility index (Phi) is 8.14. The maximum atomic E-state index is 13.6. The Labute approximate surface area is 243 Å². The molecule has 8 nitrogen and oxygen atoms in total. The molecule has 1 heterocycles. The molecule has 1 aliphatic carbocycles. The summed E-state index contributed by atoms with van der Waals surface area (Å²) in [4.78, 5) is 66.1. The number of ketones is 1. The Hall–Kier alpha value is -3.82. The average molecular weight is 624 g/mol. The van der Waals surface area contributed by atoms with E-state index in [-0.39, 0.29) is 21.9 Å². The number of benzene rings is 3. The van der Waals surface area contributed by atoms with Gasteiger partial charge in [0.15, 0.2) is 5.78 Å². The van der Waals surface area contributed by atoms with Crippen molar-refractivity contribution in [3.8, 4) is 5.75 Å². The van der Waals surface area contributed by atoms with Crippen LogP contribution in [0.1, 0.15) is 56.8 Å². The number of Topliss-reactive ketones (excluding diaryl/α,β-unsaturated/α-hetero) is 1. The van der Waals surface area contributed by atoms with Crippen LogP contribution in [-0.4, -0.2) is 46.0 Å². The molecule has 5 rings (SSSR count). The zero-order valence-electron chi connectivity index (χ0n) is 21.2. The van der Waals surface area contributed by atoms with Crippen LogP contribution in [0.5, 0.6) is 5.75 Å². The lowest BCUT2D eigenvalue weighted by Crippen LogP contribution is -2.52. The van der Waals surface area contributed by atoms with Crippen molar-refractivity contribution in [1.82, 2.24) is 10.0 Å². The number of ether oxygens (including phenoxy) is 1. The standard InChI is InChI=1S/C30H24BrClN2O6/c31-20-13-9-19(10-14-20)30(39)40-21-15-11-18(12-16-21)26(35)17-33(27(36)24-7-3-4-8-25(24)32)34-28(37)22-5-1-2-6-23(22)29(34)38/h3-4,7-16,22-23H,1-2,5-6,17H2/t22-,23-/m0/s1. The summed E-state index contributed by atoms with van der Waals surface area (Å²) in [5, 5.41) is 1.89. The fraction of sp³-hybridized carbons (Fsp3) is 0.233. The highest BCUT2D eigenvalue weighted by Crippen LogP contribution is 2.39. The topological polar surface area (TPSA) is 101 Å². The van der Waals surface area contributed by atoms with Gasteiger partial charge < -0.3 is 4.74 Å². The van der Waals surface area contributed by atoms with E-state index in [1.54, 1.807) is 36.4 Å². The summed E-state index contributed by atoms with van der Waals surface area (Å²) in [6.45, 7) is -0.557. The first-order valence-corrected chi connectivity index (χ1v) is 14.0. The lowest BCUT2D eigenvalue weighted by Gasteiger charge is -2.30. The van der Waals surface area contributed by atoms with Gasteiger partial charge in [-0.15, -0.1) is 0 Å². The number of rotatable bonds is 7. The van der Waals surface area contributed by atoms with E-state index in [1.165, 1.54) is 36.4 Å². The molecule has 10 heteroatoms. The van der Waals surface area contributed by atoms with E-state index in [0.29, 0.717) is 18.4 Å². The van der Waals surface area contributed by atoms with E-state index in [9.17, 15) is 24.0 Å². The Bertz CT molecular complexity index is 1470. The van der Waals surface area contributed by atoms with Crippen LogP contribution in [0.15, 0.2) is 77.3 Å². The number of imide groups is 1. The SMILES string of the molecule is O=C(CN(C(=O)c1ccccc1Cl)N1C(=O)[C@H]2CCCC[C@@H]2C1=O)c1ccc(OC(=O)c2ccc(Br)cc2)cc1. The van der Waals surface area contributed by atoms with Gasteiger partial charge >= 0.3 is 5.97 Å². The van der Waals surface area contributed by atoms with Crippen molar-refractivity contribution in [2.75, 3.05) is 6.54 Å². The van der Waals surface area contributed by atoms with Crippen molar-refractivity contribution in [2.45, 2.75) is 25.7 Å². The van der Waals surface area contributed by atoms with Crippen LogP contribution >= 0.6 is 27.5 Å². The van der Waals surface area contributed by atoms with Gasteiger partial charge in [-0.05, 0) is 73.5 Å². The Morgan fingerprint density at radius 3 is 2.02 bits per heavy atom.